The third kappa shape index (κ3) is 4.78. The lowest BCUT2D eigenvalue weighted by Gasteiger charge is -2.13. The van der Waals surface area contributed by atoms with Crippen LogP contribution in [0.25, 0.3) is 0 Å². The topological polar surface area (TPSA) is 87.6 Å². The molecule has 0 radical (unpaired) electrons. The van der Waals surface area contributed by atoms with Gasteiger partial charge < -0.3 is 10.6 Å². The van der Waals surface area contributed by atoms with E-state index in [-0.39, 0.29) is 28.7 Å². The Balaban J connectivity index is 1.32. The van der Waals surface area contributed by atoms with E-state index < -0.39 is 9.84 Å². The van der Waals surface area contributed by atoms with Crippen molar-refractivity contribution in [1.82, 2.24) is 5.32 Å². The molecular formula is C20H25N3O3S2. The zero-order chi connectivity index (χ0) is 19.6. The lowest BCUT2D eigenvalue weighted by atomic mass is 9.97. The van der Waals surface area contributed by atoms with E-state index in [1.165, 1.54) is 30.2 Å². The number of aliphatic imine (C=N–C) groups is 1. The third-order valence-electron chi connectivity index (χ3n) is 5.31. The minimum Gasteiger partial charge on any atom is -0.352 e. The predicted molar refractivity (Wildman–Crippen MR) is 115 cm³/mol. The number of rotatable bonds is 5. The first kappa shape index (κ1) is 19.5. The third-order valence-corrected chi connectivity index (χ3v) is 8.45. The molecule has 150 valence electrons. The minimum absolute atomic E-state index is 0.00748. The van der Waals surface area contributed by atoms with Crippen LogP contribution in [-0.2, 0) is 9.84 Å². The number of allylic oxidation sites excluding steroid dienone is 1. The number of hydrogen-bond acceptors (Lipinski definition) is 6. The summed E-state index contributed by atoms with van der Waals surface area (Å²) in [6, 6.07) is 7.18. The maximum Gasteiger partial charge on any atom is 0.251 e. The first-order valence-electron chi connectivity index (χ1n) is 9.77. The Kier molecular flexibility index (Phi) is 5.78. The molecule has 28 heavy (non-hydrogen) atoms. The van der Waals surface area contributed by atoms with Gasteiger partial charge in [-0.25, -0.2) is 8.42 Å². The fourth-order valence-electron chi connectivity index (χ4n) is 3.85. The minimum atomic E-state index is -2.95. The van der Waals surface area contributed by atoms with Crippen molar-refractivity contribution in [3.8, 4) is 0 Å². The molecule has 8 heteroatoms. The standard InChI is InChI=1S/C20H25N3O3S2/c24-19(21-10-9-14-5-2-1-3-6-14)15-7-4-8-16(11-15)22-20-23-17-12-28(25,26)13-18(17)27-20/h4-5,7-8,11,17-18H,1-3,6,9-10,12-13H2,(H,21,24)(H,22,23)/t17-,18-/m1/s1. The van der Waals surface area contributed by atoms with Crippen molar-refractivity contribution in [2.45, 2.75) is 43.4 Å². The molecule has 1 amide bonds. The molecule has 3 aliphatic rings. The molecule has 2 atom stereocenters. The van der Waals surface area contributed by atoms with Crippen LogP contribution in [0.2, 0.25) is 0 Å². The highest BCUT2D eigenvalue weighted by molar-refractivity contribution is 8.15. The molecule has 1 aromatic carbocycles. The Hall–Kier alpha value is -1.80. The van der Waals surface area contributed by atoms with E-state index in [2.05, 4.69) is 21.7 Å². The fourth-order valence-corrected chi connectivity index (χ4v) is 7.52. The Morgan fingerprint density at radius 2 is 2.14 bits per heavy atom. The van der Waals surface area contributed by atoms with Crippen molar-refractivity contribution in [2.24, 2.45) is 4.99 Å². The van der Waals surface area contributed by atoms with Crippen LogP contribution in [0.15, 0.2) is 40.9 Å². The number of fused-ring (bicyclic) bond motifs is 1. The van der Waals surface area contributed by atoms with Crippen molar-refractivity contribution in [1.29, 1.82) is 0 Å². The number of carbonyl (C=O) groups excluding carboxylic acids is 1. The Labute approximate surface area is 170 Å². The summed E-state index contributed by atoms with van der Waals surface area (Å²) in [6.07, 6.45) is 8.06. The zero-order valence-corrected chi connectivity index (χ0v) is 17.3. The molecule has 4 rings (SSSR count). The normalized spacial score (nSPS) is 25.6. The van der Waals surface area contributed by atoms with Gasteiger partial charge in [-0.15, -0.1) is 0 Å². The van der Waals surface area contributed by atoms with Crippen LogP contribution < -0.4 is 10.6 Å². The molecule has 0 bridgehead atoms. The van der Waals surface area contributed by atoms with Gasteiger partial charge >= 0.3 is 0 Å². The predicted octanol–water partition coefficient (Wildman–Crippen LogP) is 2.99. The maximum atomic E-state index is 12.4. The second-order valence-electron chi connectivity index (χ2n) is 7.55. The van der Waals surface area contributed by atoms with Crippen LogP contribution in [0.5, 0.6) is 0 Å². The van der Waals surface area contributed by atoms with Crippen LogP contribution >= 0.6 is 11.8 Å². The summed E-state index contributed by atoms with van der Waals surface area (Å²) in [5.41, 5.74) is 2.84. The van der Waals surface area contributed by atoms with Crippen LogP contribution in [0.3, 0.4) is 0 Å². The molecule has 2 heterocycles. The van der Waals surface area contributed by atoms with Gasteiger partial charge in [0.25, 0.3) is 5.91 Å². The number of amidine groups is 1. The van der Waals surface area contributed by atoms with E-state index in [4.69, 9.17) is 0 Å². The van der Waals surface area contributed by atoms with Gasteiger partial charge in [-0.1, -0.05) is 29.5 Å². The van der Waals surface area contributed by atoms with E-state index >= 15 is 0 Å². The molecular weight excluding hydrogens is 394 g/mol. The number of thioether (sulfide) groups is 1. The summed E-state index contributed by atoms with van der Waals surface area (Å²) >= 11 is 1.48. The molecule has 1 saturated heterocycles. The van der Waals surface area contributed by atoms with E-state index in [1.54, 1.807) is 6.07 Å². The van der Waals surface area contributed by atoms with Gasteiger partial charge in [0.1, 0.15) is 0 Å². The average molecular weight is 420 g/mol. The van der Waals surface area contributed by atoms with Gasteiger partial charge in [0, 0.05) is 23.0 Å². The lowest BCUT2D eigenvalue weighted by molar-refractivity contribution is 0.0954. The van der Waals surface area contributed by atoms with E-state index in [0.29, 0.717) is 12.1 Å². The Morgan fingerprint density at radius 1 is 1.25 bits per heavy atom. The first-order valence-corrected chi connectivity index (χ1v) is 12.5. The highest BCUT2D eigenvalue weighted by atomic mass is 32.2. The number of benzene rings is 1. The Bertz CT molecular complexity index is 924. The number of anilines is 1. The molecule has 0 spiro atoms. The summed E-state index contributed by atoms with van der Waals surface area (Å²) in [5, 5.41) is 6.96. The van der Waals surface area contributed by atoms with Gasteiger partial charge in [0.2, 0.25) is 0 Å². The second-order valence-corrected chi connectivity index (χ2v) is 10.9. The van der Waals surface area contributed by atoms with Crippen molar-refractivity contribution in [3.63, 3.8) is 0 Å². The van der Waals surface area contributed by atoms with Crippen LogP contribution in [0, 0.1) is 0 Å². The zero-order valence-electron chi connectivity index (χ0n) is 15.7. The molecule has 0 saturated carbocycles. The van der Waals surface area contributed by atoms with Gasteiger partial charge in [-0.05, 0) is 50.3 Å². The molecule has 1 aromatic rings. The Morgan fingerprint density at radius 3 is 2.93 bits per heavy atom. The van der Waals surface area contributed by atoms with Crippen molar-refractivity contribution < 1.29 is 13.2 Å². The smallest absolute Gasteiger partial charge is 0.251 e. The van der Waals surface area contributed by atoms with Crippen LogP contribution in [0.4, 0.5) is 5.69 Å². The number of sulfone groups is 1. The van der Waals surface area contributed by atoms with Crippen LogP contribution in [0.1, 0.15) is 42.5 Å². The average Bonchev–Trinajstić information content (AvgIpc) is 3.15. The van der Waals surface area contributed by atoms with E-state index in [9.17, 15) is 13.2 Å². The molecule has 0 unspecified atom stereocenters. The molecule has 2 N–H and O–H groups in total. The van der Waals surface area contributed by atoms with Crippen LogP contribution in [-0.4, -0.2) is 48.8 Å². The van der Waals surface area contributed by atoms with Gasteiger partial charge in [-0.2, -0.15) is 0 Å². The van der Waals surface area contributed by atoms with E-state index in [1.807, 2.05) is 18.2 Å². The highest BCUT2D eigenvalue weighted by Gasteiger charge is 2.42. The molecule has 0 aromatic heterocycles. The van der Waals surface area contributed by atoms with Crippen molar-refractivity contribution >= 4 is 38.4 Å². The van der Waals surface area contributed by atoms with Gasteiger partial charge in [0.05, 0.1) is 17.5 Å². The summed E-state index contributed by atoms with van der Waals surface area (Å²) in [4.78, 5) is 16.9. The number of amides is 1. The summed E-state index contributed by atoms with van der Waals surface area (Å²) in [5.74, 6) is 0.244. The molecule has 6 nitrogen and oxygen atoms in total. The van der Waals surface area contributed by atoms with Crippen molar-refractivity contribution in [2.75, 3.05) is 23.4 Å². The summed E-state index contributed by atoms with van der Waals surface area (Å²) in [7, 11) is -2.95. The number of nitrogens with one attached hydrogen (secondary N) is 2. The number of hydrogen-bond donors (Lipinski definition) is 2. The molecule has 2 aliphatic heterocycles. The molecule has 1 aliphatic carbocycles. The molecule has 1 fully saturated rings. The maximum absolute atomic E-state index is 12.4. The fraction of sp³-hybridized carbons (Fsp3) is 0.500. The number of nitrogens with zero attached hydrogens (tertiary/aromatic N) is 1. The lowest BCUT2D eigenvalue weighted by Crippen LogP contribution is -2.25. The van der Waals surface area contributed by atoms with Crippen molar-refractivity contribution in [3.05, 3.63) is 41.5 Å². The van der Waals surface area contributed by atoms with Gasteiger partial charge in [0.15, 0.2) is 15.0 Å². The van der Waals surface area contributed by atoms with E-state index in [0.717, 1.165) is 30.1 Å². The second kappa shape index (κ2) is 8.29. The quantitative estimate of drug-likeness (QED) is 0.717. The van der Waals surface area contributed by atoms with Gasteiger partial charge in [-0.3, -0.25) is 9.79 Å². The monoisotopic (exact) mass is 419 g/mol. The SMILES string of the molecule is O=C(NCCC1=CCCCC1)c1cccc(NC2=N[C@@H]3CS(=O)(=O)C[C@H]3S2)c1. The first-order chi connectivity index (χ1) is 13.5. The number of carbonyl (C=O) groups is 1. The largest absolute Gasteiger partial charge is 0.352 e. The summed E-state index contributed by atoms with van der Waals surface area (Å²) < 4.78 is 23.3. The highest BCUT2D eigenvalue weighted by Crippen LogP contribution is 2.34. The summed E-state index contributed by atoms with van der Waals surface area (Å²) in [6.45, 7) is 0.655.